The number of nitrogens with two attached hydrogens (primary N) is 1. The number of carboxylic acid groups (broad SMARTS) is 1. The number of unbranched alkanes of at least 4 members (excludes halogenated alkanes) is 11. The topological polar surface area (TPSA) is 172 Å². The monoisotopic (exact) mass is 673 g/mol. The number of esters is 2. The summed E-state index contributed by atoms with van der Waals surface area (Å²) >= 11 is 0. The van der Waals surface area contributed by atoms with E-state index in [4.69, 9.17) is 24.8 Å². The first kappa shape index (κ1) is 43.7. The van der Waals surface area contributed by atoms with Crippen LogP contribution in [0.1, 0.15) is 129 Å². The fourth-order valence-corrected chi connectivity index (χ4v) is 4.91. The maximum absolute atomic E-state index is 12.5. The van der Waals surface area contributed by atoms with E-state index in [2.05, 4.69) is 54.8 Å². The maximum Gasteiger partial charge on any atom is 0.472 e. The standard InChI is InChI=1S/C34H60NO10P/c1-3-5-7-9-11-12-13-14-15-16-17-18-20-22-24-26-33(37)45-30(28-43-46(40,41)44-29-31(35)34(38)39)27-42-32(36)25-23-21-19-10-8-6-4-2/h11-12,14-15,17-18,30-31H,3-10,13,16,19-29,35H2,1-2H3,(H,38,39)(H,40,41)/b12-11+,15-14+,18-17+/t30-,31-/m0/s1. The van der Waals surface area contributed by atoms with Crippen LogP contribution in [0.25, 0.3) is 0 Å². The molecule has 0 aliphatic carbocycles. The molecule has 4 N–H and O–H groups in total. The predicted molar refractivity (Wildman–Crippen MR) is 180 cm³/mol. The number of phosphoric acid groups is 1. The van der Waals surface area contributed by atoms with E-state index in [-0.39, 0.29) is 19.4 Å². The SMILES string of the molecule is CCCCC/C=C/C/C=C/C/C=C/CCCCC(=O)O[C@@H](COC(=O)CCCCCCCCC)COP(=O)(O)OC[C@H](N)C(=O)O. The normalized spacial score (nSPS) is 14.5. The smallest absolute Gasteiger partial charge is 0.472 e. The molecule has 0 aliphatic heterocycles. The second kappa shape index (κ2) is 30.1. The van der Waals surface area contributed by atoms with Gasteiger partial charge in [0.05, 0.1) is 13.2 Å². The maximum atomic E-state index is 12.5. The molecule has 0 fully saturated rings. The summed E-state index contributed by atoms with van der Waals surface area (Å²) in [4.78, 5) is 45.4. The van der Waals surface area contributed by atoms with Crippen LogP contribution in [-0.2, 0) is 37.5 Å². The van der Waals surface area contributed by atoms with Crippen LogP contribution in [0, 0.1) is 0 Å². The Morgan fingerprint density at radius 1 is 0.674 bits per heavy atom. The van der Waals surface area contributed by atoms with E-state index in [9.17, 15) is 23.8 Å². The van der Waals surface area contributed by atoms with Gasteiger partial charge in [0.25, 0.3) is 0 Å². The third-order valence-corrected chi connectivity index (χ3v) is 7.84. The molecular weight excluding hydrogens is 613 g/mol. The Morgan fingerprint density at radius 2 is 1.15 bits per heavy atom. The minimum atomic E-state index is -4.71. The number of hydrogen-bond donors (Lipinski definition) is 3. The highest BCUT2D eigenvalue weighted by Crippen LogP contribution is 2.43. The van der Waals surface area contributed by atoms with E-state index in [1.807, 2.05) is 0 Å². The van der Waals surface area contributed by atoms with Crippen LogP contribution in [0.3, 0.4) is 0 Å². The zero-order valence-electron chi connectivity index (χ0n) is 28.2. The molecule has 266 valence electrons. The second-order valence-electron chi connectivity index (χ2n) is 11.3. The summed E-state index contributed by atoms with van der Waals surface area (Å²) in [6.45, 7) is 2.64. The molecule has 0 radical (unpaired) electrons. The van der Waals surface area contributed by atoms with Crippen molar-refractivity contribution in [2.75, 3.05) is 19.8 Å². The van der Waals surface area contributed by atoms with Crippen molar-refractivity contribution < 1.29 is 47.5 Å². The predicted octanol–water partition coefficient (Wildman–Crippen LogP) is 7.72. The van der Waals surface area contributed by atoms with Crippen LogP contribution in [-0.4, -0.2) is 59.9 Å². The molecule has 0 aliphatic rings. The van der Waals surface area contributed by atoms with Gasteiger partial charge in [0, 0.05) is 12.8 Å². The average molecular weight is 674 g/mol. The molecule has 0 heterocycles. The summed E-state index contributed by atoms with van der Waals surface area (Å²) in [6.07, 6.45) is 28.2. The average Bonchev–Trinajstić information content (AvgIpc) is 3.02. The second-order valence-corrected chi connectivity index (χ2v) is 12.8. The van der Waals surface area contributed by atoms with Gasteiger partial charge in [-0.25, -0.2) is 4.57 Å². The highest BCUT2D eigenvalue weighted by Gasteiger charge is 2.28. The van der Waals surface area contributed by atoms with Gasteiger partial charge in [-0.2, -0.15) is 0 Å². The van der Waals surface area contributed by atoms with E-state index in [0.717, 1.165) is 51.4 Å². The number of carboxylic acids is 1. The van der Waals surface area contributed by atoms with E-state index < -0.39 is 51.1 Å². The summed E-state index contributed by atoms with van der Waals surface area (Å²) in [7, 11) is -4.71. The number of rotatable bonds is 31. The summed E-state index contributed by atoms with van der Waals surface area (Å²) < 4.78 is 32.3. The molecule has 12 heteroatoms. The third-order valence-electron chi connectivity index (χ3n) is 6.89. The molecule has 0 saturated carbocycles. The largest absolute Gasteiger partial charge is 0.480 e. The molecule has 0 spiro atoms. The Balaban J connectivity index is 4.56. The first-order chi connectivity index (χ1) is 22.1. The number of carbonyl (C=O) groups is 3. The molecule has 3 atom stereocenters. The van der Waals surface area contributed by atoms with E-state index in [0.29, 0.717) is 12.8 Å². The van der Waals surface area contributed by atoms with Crippen molar-refractivity contribution in [3.8, 4) is 0 Å². The van der Waals surface area contributed by atoms with Gasteiger partial charge >= 0.3 is 25.7 Å². The van der Waals surface area contributed by atoms with Gasteiger partial charge in [0.2, 0.25) is 0 Å². The quantitative estimate of drug-likeness (QED) is 0.0285. The van der Waals surface area contributed by atoms with E-state index in [1.54, 1.807) is 0 Å². The molecule has 0 aromatic carbocycles. The lowest BCUT2D eigenvalue weighted by Crippen LogP contribution is -2.34. The van der Waals surface area contributed by atoms with Gasteiger partial charge in [-0.15, -0.1) is 0 Å². The van der Waals surface area contributed by atoms with E-state index >= 15 is 0 Å². The number of allylic oxidation sites excluding steroid dienone is 6. The van der Waals surface area contributed by atoms with Crippen molar-refractivity contribution in [1.82, 2.24) is 0 Å². The Kier molecular flexibility index (Phi) is 28.6. The van der Waals surface area contributed by atoms with Crippen LogP contribution in [0.5, 0.6) is 0 Å². The lowest BCUT2D eigenvalue weighted by Gasteiger charge is -2.20. The molecule has 1 unspecified atom stereocenters. The minimum absolute atomic E-state index is 0.113. The summed E-state index contributed by atoms with van der Waals surface area (Å²) in [5.41, 5.74) is 5.29. The first-order valence-corrected chi connectivity index (χ1v) is 18.5. The first-order valence-electron chi connectivity index (χ1n) is 17.0. The van der Waals surface area contributed by atoms with Crippen molar-refractivity contribution in [3.63, 3.8) is 0 Å². The molecule has 11 nitrogen and oxygen atoms in total. The molecule has 0 bridgehead atoms. The fourth-order valence-electron chi connectivity index (χ4n) is 4.13. The van der Waals surface area contributed by atoms with Gasteiger partial charge in [-0.05, 0) is 51.4 Å². The van der Waals surface area contributed by atoms with Gasteiger partial charge < -0.3 is 25.2 Å². The fraction of sp³-hybridized carbons (Fsp3) is 0.735. The lowest BCUT2D eigenvalue weighted by molar-refractivity contribution is -0.161. The van der Waals surface area contributed by atoms with Crippen LogP contribution in [0.15, 0.2) is 36.5 Å². The van der Waals surface area contributed by atoms with Crippen molar-refractivity contribution in [2.24, 2.45) is 5.73 Å². The summed E-state index contributed by atoms with van der Waals surface area (Å²) in [6, 6.07) is -1.52. The Labute approximate surface area is 276 Å². The van der Waals surface area contributed by atoms with Crippen LogP contribution in [0.4, 0.5) is 0 Å². The molecule has 0 aromatic rings. The number of carbonyl (C=O) groups excluding carboxylic acids is 2. The van der Waals surface area contributed by atoms with Crippen molar-refractivity contribution in [2.45, 2.75) is 142 Å². The highest BCUT2D eigenvalue weighted by atomic mass is 31.2. The summed E-state index contributed by atoms with van der Waals surface area (Å²) in [5, 5.41) is 8.82. The third kappa shape index (κ3) is 29.1. The molecule has 0 aromatic heterocycles. The zero-order valence-corrected chi connectivity index (χ0v) is 29.0. The molecule has 46 heavy (non-hydrogen) atoms. The zero-order chi connectivity index (χ0) is 34.3. The van der Waals surface area contributed by atoms with E-state index in [1.165, 1.54) is 38.5 Å². The highest BCUT2D eigenvalue weighted by molar-refractivity contribution is 7.47. The molecule has 0 rings (SSSR count). The number of aliphatic carboxylic acids is 1. The van der Waals surface area contributed by atoms with Crippen molar-refractivity contribution >= 4 is 25.7 Å². The lowest BCUT2D eigenvalue weighted by atomic mass is 10.1. The van der Waals surface area contributed by atoms with Gasteiger partial charge in [-0.3, -0.25) is 23.4 Å². The summed E-state index contributed by atoms with van der Waals surface area (Å²) in [5.74, 6) is -2.44. The van der Waals surface area contributed by atoms with Crippen molar-refractivity contribution in [3.05, 3.63) is 36.5 Å². The number of ether oxygens (including phenoxy) is 2. The molecule has 0 amide bonds. The number of hydrogen-bond acceptors (Lipinski definition) is 9. The Morgan fingerprint density at radius 3 is 1.76 bits per heavy atom. The Bertz CT molecular complexity index is 937. The van der Waals surface area contributed by atoms with Gasteiger partial charge in [-0.1, -0.05) is 102 Å². The van der Waals surface area contributed by atoms with Crippen LogP contribution < -0.4 is 5.73 Å². The van der Waals surface area contributed by atoms with Crippen molar-refractivity contribution in [1.29, 1.82) is 0 Å². The molecular formula is C34H60NO10P. The van der Waals surface area contributed by atoms with Crippen LogP contribution in [0.2, 0.25) is 0 Å². The Hall–Kier alpha value is -2.30. The van der Waals surface area contributed by atoms with Gasteiger partial charge in [0.1, 0.15) is 12.6 Å². The van der Waals surface area contributed by atoms with Gasteiger partial charge in [0.15, 0.2) is 6.10 Å². The molecule has 0 saturated heterocycles. The minimum Gasteiger partial charge on any atom is -0.480 e. The van der Waals surface area contributed by atoms with Crippen LogP contribution >= 0.6 is 7.82 Å². The number of phosphoric ester groups is 1.